The van der Waals surface area contributed by atoms with Gasteiger partial charge in [-0.1, -0.05) is 39.0 Å². The van der Waals surface area contributed by atoms with Crippen molar-refractivity contribution in [1.82, 2.24) is 0 Å². The van der Waals surface area contributed by atoms with Gasteiger partial charge in [0, 0.05) is 6.07 Å². The SMILES string of the molecule is COC(=O)CC(c1ccc(O)c(N=Nc2ccccc2[N+](=O)[O-])c1)C(C)(C)C. The molecule has 0 radical (unpaired) electrons. The van der Waals surface area contributed by atoms with Gasteiger partial charge in [0.1, 0.15) is 11.4 Å². The molecule has 0 bridgehead atoms. The second-order valence-corrected chi connectivity index (χ2v) is 7.39. The summed E-state index contributed by atoms with van der Waals surface area (Å²) in [6.45, 7) is 6.01. The number of benzene rings is 2. The summed E-state index contributed by atoms with van der Waals surface area (Å²) in [6, 6.07) is 10.8. The van der Waals surface area contributed by atoms with Crippen molar-refractivity contribution in [1.29, 1.82) is 0 Å². The summed E-state index contributed by atoms with van der Waals surface area (Å²) in [5.41, 5.74) is 0.596. The predicted octanol–water partition coefficient (Wildman–Crippen LogP) is 5.41. The Labute approximate surface area is 163 Å². The van der Waals surface area contributed by atoms with Gasteiger partial charge in [0.15, 0.2) is 5.69 Å². The first-order valence-electron chi connectivity index (χ1n) is 8.68. The Hall–Kier alpha value is -3.29. The Kier molecular flexibility index (Phi) is 6.45. The smallest absolute Gasteiger partial charge is 0.306 e. The highest BCUT2D eigenvalue weighted by molar-refractivity contribution is 5.71. The average Bonchev–Trinajstić information content (AvgIpc) is 2.64. The van der Waals surface area contributed by atoms with E-state index < -0.39 is 4.92 Å². The van der Waals surface area contributed by atoms with Crippen molar-refractivity contribution in [3.8, 4) is 5.75 Å². The molecular weight excluding hydrogens is 362 g/mol. The van der Waals surface area contributed by atoms with Crippen LogP contribution in [0.3, 0.4) is 0 Å². The molecule has 8 heteroatoms. The number of methoxy groups -OCH3 is 1. The van der Waals surface area contributed by atoms with Crippen LogP contribution in [0.25, 0.3) is 0 Å². The van der Waals surface area contributed by atoms with Crippen molar-refractivity contribution in [3.63, 3.8) is 0 Å². The van der Waals surface area contributed by atoms with Gasteiger partial charge >= 0.3 is 5.97 Å². The van der Waals surface area contributed by atoms with Crippen LogP contribution in [0.4, 0.5) is 17.1 Å². The van der Waals surface area contributed by atoms with Gasteiger partial charge in [0.2, 0.25) is 0 Å². The molecule has 0 aliphatic carbocycles. The third-order valence-corrected chi connectivity index (χ3v) is 4.39. The Morgan fingerprint density at radius 2 is 1.82 bits per heavy atom. The molecule has 0 fully saturated rings. The zero-order chi connectivity index (χ0) is 20.9. The molecule has 1 atom stereocenters. The maximum absolute atomic E-state index is 11.8. The second-order valence-electron chi connectivity index (χ2n) is 7.39. The lowest BCUT2D eigenvalue weighted by molar-refractivity contribution is -0.384. The number of nitrogens with zero attached hydrogens (tertiary/aromatic N) is 3. The van der Waals surface area contributed by atoms with Crippen LogP contribution in [0.2, 0.25) is 0 Å². The lowest BCUT2D eigenvalue weighted by Crippen LogP contribution is -2.22. The Morgan fingerprint density at radius 3 is 2.43 bits per heavy atom. The van der Waals surface area contributed by atoms with Crippen LogP contribution in [0.5, 0.6) is 5.75 Å². The third-order valence-electron chi connectivity index (χ3n) is 4.39. The minimum Gasteiger partial charge on any atom is -0.506 e. The van der Waals surface area contributed by atoms with Crippen molar-refractivity contribution in [2.75, 3.05) is 7.11 Å². The fraction of sp³-hybridized carbons (Fsp3) is 0.350. The van der Waals surface area contributed by atoms with E-state index in [2.05, 4.69) is 10.2 Å². The molecule has 0 saturated heterocycles. The van der Waals surface area contributed by atoms with Crippen LogP contribution in [0.15, 0.2) is 52.7 Å². The van der Waals surface area contributed by atoms with Crippen LogP contribution in [-0.4, -0.2) is 23.1 Å². The minimum absolute atomic E-state index is 0.0826. The molecular formula is C20H23N3O5. The highest BCUT2D eigenvalue weighted by Crippen LogP contribution is 2.41. The molecule has 2 aromatic rings. The summed E-state index contributed by atoms with van der Waals surface area (Å²) < 4.78 is 4.80. The van der Waals surface area contributed by atoms with E-state index in [9.17, 15) is 20.0 Å². The molecule has 2 aromatic carbocycles. The van der Waals surface area contributed by atoms with Gasteiger partial charge in [-0.15, -0.1) is 10.2 Å². The summed E-state index contributed by atoms with van der Waals surface area (Å²) in [7, 11) is 1.34. The van der Waals surface area contributed by atoms with E-state index in [4.69, 9.17) is 4.74 Å². The van der Waals surface area contributed by atoms with E-state index in [0.29, 0.717) is 0 Å². The van der Waals surface area contributed by atoms with Gasteiger partial charge in [-0.05, 0) is 35.1 Å². The number of hydrogen-bond acceptors (Lipinski definition) is 7. The number of azo groups is 1. The van der Waals surface area contributed by atoms with Gasteiger partial charge in [0.05, 0.1) is 18.5 Å². The van der Waals surface area contributed by atoms with E-state index >= 15 is 0 Å². The summed E-state index contributed by atoms with van der Waals surface area (Å²) >= 11 is 0. The monoisotopic (exact) mass is 385 g/mol. The third kappa shape index (κ3) is 5.12. The van der Waals surface area contributed by atoms with Crippen LogP contribution in [0, 0.1) is 15.5 Å². The van der Waals surface area contributed by atoms with Crippen molar-refractivity contribution in [2.45, 2.75) is 33.1 Å². The molecule has 0 spiro atoms. The molecule has 148 valence electrons. The maximum atomic E-state index is 11.8. The molecule has 0 heterocycles. The molecule has 0 aliphatic heterocycles. The fourth-order valence-electron chi connectivity index (χ4n) is 2.82. The van der Waals surface area contributed by atoms with Crippen LogP contribution in [0.1, 0.15) is 38.7 Å². The number of rotatable bonds is 6. The predicted molar refractivity (Wildman–Crippen MR) is 104 cm³/mol. The van der Waals surface area contributed by atoms with Crippen LogP contribution >= 0.6 is 0 Å². The molecule has 0 aliphatic rings. The summed E-state index contributed by atoms with van der Waals surface area (Å²) in [6.07, 6.45) is 0.172. The topological polar surface area (TPSA) is 114 Å². The first-order chi connectivity index (χ1) is 13.1. The van der Waals surface area contributed by atoms with Gasteiger partial charge in [0.25, 0.3) is 5.69 Å². The molecule has 2 rings (SSSR count). The Balaban J connectivity index is 2.42. The fourth-order valence-corrected chi connectivity index (χ4v) is 2.82. The van der Waals surface area contributed by atoms with Crippen LogP contribution in [-0.2, 0) is 9.53 Å². The lowest BCUT2D eigenvalue weighted by Gasteiger charge is -2.30. The average molecular weight is 385 g/mol. The molecule has 0 amide bonds. The first-order valence-corrected chi connectivity index (χ1v) is 8.68. The number of phenols is 1. The minimum atomic E-state index is -0.545. The van der Waals surface area contributed by atoms with E-state index in [1.54, 1.807) is 18.2 Å². The Morgan fingerprint density at radius 1 is 1.18 bits per heavy atom. The molecule has 8 nitrogen and oxygen atoms in total. The zero-order valence-electron chi connectivity index (χ0n) is 16.2. The summed E-state index contributed by atoms with van der Waals surface area (Å²) in [5.74, 6) is -0.631. The highest BCUT2D eigenvalue weighted by atomic mass is 16.6. The maximum Gasteiger partial charge on any atom is 0.306 e. The van der Waals surface area contributed by atoms with Crippen molar-refractivity contribution < 1.29 is 19.6 Å². The molecule has 0 saturated carbocycles. The van der Waals surface area contributed by atoms with Crippen LogP contribution < -0.4 is 0 Å². The van der Waals surface area contributed by atoms with E-state index in [0.717, 1.165) is 5.56 Å². The van der Waals surface area contributed by atoms with E-state index in [1.165, 1.54) is 31.4 Å². The number of para-hydroxylation sites is 1. The molecule has 0 aromatic heterocycles. The summed E-state index contributed by atoms with van der Waals surface area (Å²) in [4.78, 5) is 22.4. The zero-order valence-corrected chi connectivity index (χ0v) is 16.2. The number of aromatic hydroxyl groups is 1. The van der Waals surface area contributed by atoms with Crippen molar-refractivity contribution >= 4 is 23.0 Å². The number of carbonyl (C=O) groups is 1. The number of hydrogen-bond donors (Lipinski definition) is 1. The van der Waals surface area contributed by atoms with Gasteiger partial charge in [-0.25, -0.2) is 0 Å². The molecule has 28 heavy (non-hydrogen) atoms. The quantitative estimate of drug-likeness (QED) is 0.309. The number of phenolic OH excluding ortho intramolecular Hbond substituents is 1. The number of carbonyl (C=O) groups excluding carboxylic acids is 1. The number of esters is 1. The number of ether oxygens (including phenoxy) is 1. The first kappa shape index (κ1) is 21.0. The lowest BCUT2D eigenvalue weighted by atomic mass is 9.74. The molecule has 1 unspecified atom stereocenters. The molecule has 1 N–H and O–H groups in total. The second kappa shape index (κ2) is 8.60. The highest BCUT2D eigenvalue weighted by Gasteiger charge is 2.29. The Bertz CT molecular complexity index is 903. The number of nitro benzene ring substituents is 1. The van der Waals surface area contributed by atoms with Gasteiger partial charge in [-0.3, -0.25) is 14.9 Å². The van der Waals surface area contributed by atoms with Gasteiger partial charge in [-0.2, -0.15) is 0 Å². The largest absolute Gasteiger partial charge is 0.506 e. The van der Waals surface area contributed by atoms with E-state index in [1.807, 2.05) is 20.8 Å². The number of nitro groups is 1. The summed E-state index contributed by atoms with van der Waals surface area (Å²) in [5, 5.41) is 29.1. The van der Waals surface area contributed by atoms with Gasteiger partial charge < -0.3 is 9.84 Å². The normalized spacial score (nSPS) is 12.7. The van der Waals surface area contributed by atoms with Crippen molar-refractivity contribution in [2.24, 2.45) is 15.6 Å². The standard InChI is InChI=1S/C20H23N3O5/c1-20(2,3)14(12-19(25)28-4)13-9-10-18(24)16(11-13)22-21-15-7-5-6-8-17(15)23(26)27/h5-11,14,24H,12H2,1-4H3. The van der Waals surface area contributed by atoms with E-state index in [-0.39, 0.29) is 46.5 Å². The van der Waals surface area contributed by atoms with Crippen molar-refractivity contribution in [3.05, 3.63) is 58.1 Å².